The van der Waals surface area contributed by atoms with Crippen molar-refractivity contribution >= 4 is 16.8 Å². The zero-order valence-electron chi connectivity index (χ0n) is 13.9. The highest BCUT2D eigenvalue weighted by molar-refractivity contribution is 5.99. The number of rotatable bonds is 4. The van der Waals surface area contributed by atoms with Gasteiger partial charge in [-0.2, -0.15) is 0 Å². The van der Waals surface area contributed by atoms with Gasteiger partial charge in [0.05, 0.1) is 0 Å². The lowest BCUT2D eigenvalue weighted by atomic mass is 10.1. The fourth-order valence-electron chi connectivity index (χ4n) is 2.78. The molecule has 0 aliphatic carbocycles. The molecule has 0 aliphatic rings. The zero-order chi connectivity index (χ0) is 16.4. The normalized spacial score (nSPS) is 10.9. The van der Waals surface area contributed by atoms with Gasteiger partial charge in [-0.3, -0.25) is 4.79 Å². The Bertz CT molecular complexity index is 844. The fraction of sp³-hybridized carbons (Fsp3) is 0.250. The van der Waals surface area contributed by atoms with Crippen molar-refractivity contribution < 1.29 is 4.79 Å². The molecule has 118 valence electrons. The van der Waals surface area contributed by atoms with Crippen LogP contribution in [0.3, 0.4) is 0 Å². The lowest BCUT2D eigenvalue weighted by Gasteiger charge is -2.06. The molecule has 0 spiro atoms. The number of carbonyl (C=O) groups excluding carboxylic acids is 1. The minimum atomic E-state index is -0.0164. The molecular weight excluding hydrogens is 284 g/mol. The van der Waals surface area contributed by atoms with E-state index in [4.69, 9.17) is 0 Å². The van der Waals surface area contributed by atoms with Crippen molar-refractivity contribution in [1.82, 2.24) is 10.3 Å². The van der Waals surface area contributed by atoms with Crippen LogP contribution in [0.5, 0.6) is 0 Å². The van der Waals surface area contributed by atoms with E-state index in [1.807, 2.05) is 18.2 Å². The highest BCUT2D eigenvalue weighted by Gasteiger charge is 2.09. The molecule has 0 atom stereocenters. The number of aryl methyl sites for hydroxylation is 3. The van der Waals surface area contributed by atoms with Gasteiger partial charge in [-0.15, -0.1) is 0 Å². The van der Waals surface area contributed by atoms with E-state index in [2.05, 4.69) is 55.3 Å². The molecular formula is C20H22N2O. The van der Waals surface area contributed by atoms with Crippen LogP contribution in [0.4, 0.5) is 0 Å². The molecule has 3 rings (SSSR count). The summed E-state index contributed by atoms with van der Waals surface area (Å²) in [7, 11) is 0. The third-order valence-corrected chi connectivity index (χ3v) is 4.39. The third kappa shape index (κ3) is 3.29. The minimum absolute atomic E-state index is 0.0164. The largest absolute Gasteiger partial charge is 0.358 e. The molecule has 0 saturated heterocycles. The number of amides is 1. The van der Waals surface area contributed by atoms with Crippen LogP contribution in [0.2, 0.25) is 0 Å². The average molecular weight is 306 g/mol. The van der Waals surface area contributed by atoms with Gasteiger partial charge in [-0.1, -0.05) is 29.8 Å². The van der Waals surface area contributed by atoms with Crippen LogP contribution in [0.15, 0.2) is 42.5 Å². The monoisotopic (exact) mass is 306 g/mol. The topological polar surface area (TPSA) is 44.9 Å². The molecule has 0 radical (unpaired) electrons. The highest BCUT2D eigenvalue weighted by atomic mass is 16.1. The number of hydrogen-bond donors (Lipinski definition) is 2. The number of carbonyl (C=O) groups is 1. The molecule has 0 saturated carbocycles. The first-order chi connectivity index (χ1) is 11.0. The van der Waals surface area contributed by atoms with Crippen molar-refractivity contribution in [2.75, 3.05) is 6.54 Å². The van der Waals surface area contributed by atoms with Gasteiger partial charge in [0, 0.05) is 28.7 Å². The number of hydrogen-bond acceptors (Lipinski definition) is 1. The molecule has 1 amide bonds. The second-order valence-electron chi connectivity index (χ2n) is 6.13. The number of nitrogens with one attached hydrogen (secondary N) is 2. The molecule has 3 heteroatoms. The summed E-state index contributed by atoms with van der Waals surface area (Å²) in [4.78, 5) is 15.7. The maximum absolute atomic E-state index is 12.3. The Morgan fingerprint density at radius 1 is 1.04 bits per heavy atom. The van der Waals surface area contributed by atoms with E-state index in [-0.39, 0.29) is 5.91 Å². The molecule has 23 heavy (non-hydrogen) atoms. The fourth-order valence-corrected chi connectivity index (χ4v) is 2.78. The summed E-state index contributed by atoms with van der Waals surface area (Å²) >= 11 is 0. The summed E-state index contributed by atoms with van der Waals surface area (Å²) in [6.45, 7) is 6.85. The smallest absolute Gasteiger partial charge is 0.251 e. The molecule has 3 nitrogen and oxygen atoms in total. The van der Waals surface area contributed by atoms with Crippen molar-refractivity contribution in [2.24, 2.45) is 0 Å². The Morgan fingerprint density at radius 3 is 2.52 bits per heavy atom. The minimum Gasteiger partial charge on any atom is -0.358 e. The first-order valence-electron chi connectivity index (χ1n) is 7.97. The Hall–Kier alpha value is -2.55. The van der Waals surface area contributed by atoms with Gasteiger partial charge < -0.3 is 10.3 Å². The number of H-pyrrole nitrogens is 1. The summed E-state index contributed by atoms with van der Waals surface area (Å²) in [5.41, 5.74) is 6.64. The van der Waals surface area contributed by atoms with E-state index in [1.54, 1.807) is 0 Å². The summed E-state index contributed by atoms with van der Waals surface area (Å²) in [6, 6.07) is 14.2. The van der Waals surface area contributed by atoms with Gasteiger partial charge in [0.15, 0.2) is 0 Å². The van der Waals surface area contributed by atoms with Crippen molar-refractivity contribution in [2.45, 2.75) is 27.2 Å². The predicted molar refractivity (Wildman–Crippen MR) is 95.0 cm³/mol. The van der Waals surface area contributed by atoms with E-state index in [0.29, 0.717) is 12.1 Å². The molecule has 3 aromatic rings. The van der Waals surface area contributed by atoms with Crippen LogP contribution in [-0.4, -0.2) is 17.4 Å². The molecule has 0 fully saturated rings. The third-order valence-electron chi connectivity index (χ3n) is 4.39. The summed E-state index contributed by atoms with van der Waals surface area (Å²) in [6.07, 6.45) is 0.844. The Labute approximate surface area is 136 Å². The van der Waals surface area contributed by atoms with Crippen molar-refractivity contribution in [3.63, 3.8) is 0 Å². The summed E-state index contributed by atoms with van der Waals surface area (Å²) in [5, 5.41) is 4.12. The first kappa shape index (κ1) is 15.3. The van der Waals surface area contributed by atoms with E-state index in [0.717, 1.165) is 23.0 Å². The molecule has 2 aromatic carbocycles. The predicted octanol–water partition coefficient (Wildman–Crippen LogP) is 4.07. The van der Waals surface area contributed by atoms with Crippen LogP contribution >= 0.6 is 0 Å². The van der Waals surface area contributed by atoms with E-state index in [1.165, 1.54) is 16.7 Å². The molecule has 1 heterocycles. The molecule has 2 N–H and O–H groups in total. The summed E-state index contributed by atoms with van der Waals surface area (Å²) in [5.74, 6) is -0.0164. The van der Waals surface area contributed by atoms with Crippen molar-refractivity contribution in [1.29, 1.82) is 0 Å². The van der Waals surface area contributed by atoms with Gasteiger partial charge in [0.25, 0.3) is 5.91 Å². The highest BCUT2D eigenvalue weighted by Crippen LogP contribution is 2.22. The molecule has 0 bridgehead atoms. The Morgan fingerprint density at radius 2 is 1.78 bits per heavy atom. The number of benzene rings is 2. The van der Waals surface area contributed by atoms with Gasteiger partial charge in [-0.25, -0.2) is 0 Å². The standard InChI is InChI=1S/C20H22N2O/c1-13-4-6-16(7-5-13)10-11-21-20(23)17-8-9-19-18(12-17)14(2)15(3)22-19/h4-9,12,22H,10-11H2,1-3H3,(H,21,23). The van der Waals surface area contributed by atoms with Crippen LogP contribution < -0.4 is 5.32 Å². The van der Waals surface area contributed by atoms with E-state index >= 15 is 0 Å². The molecule has 1 aromatic heterocycles. The molecule has 0 unspecified atom stereocenters. The maximum Gasteiger partial charge on any atom is 0.251 e. The van der Waals surface area contributed by atoms with Crippen molar-refractivity contribution in [3.8, 4) is 0 Å². The Kier molecular flexibility index (Phi) is 4.20. The van der Waals surface area contributed by atoms with E-state index in [9.17, 15) is 4.79 Å². The van der Waals surface area contributed by atoms with E-state index < -0.39 is 0 Å². The second-order valence-corrected chi connectivity index (χ2v) is 6.13. The van der Waals surface area contributed by atoms with Crippen LogP contribution in [0.1, 0.15) is 32.7 Å². The quantitative estimate of drug-likeness (QED) is 0.750. The van der Waals surface area contributed by atoms with Gasteiger partial charge in [0.1, 0.15) is 0 Å². The summed E-state index contributed by atoms with van der Waals surface area (Å²) < 4.78 is 0. The Balaban J connectivity index is 1.66. The lowest BCUT2D eigenvalue weighted by Crippen LogP contribution is -2.25. The number of aromatic amines is 1. The van der Waals surface area contributed by atoms with Crippen molar-refractivity contribution in [3.05, 3.63) is 70.4 Å². The lowest BCUT2D eigenvalue weighted by molar-refractivity contribution is 0.0954. The number of fused-ring (bicyclic) bond motifs is 1. The molecule has 0 aliphatic heterocycles. The number of aromatic nitrogens is 1. The zero-order valence-corrected chi connectivity index (χ0v) is 13.9. The average Bonchev–Trinajstić information content (AvgIpc) is 2.83. The van der Waals surface area contributed by atoms with Crippen LogP contribution in [0.25, 0.3) is 10.9 Å². The van der Waals surface area contributed by atoms with Gasteiger partial charge in [0.2, 0.25) is 0 Å². The van der Waals surface area contributed by atoms with Gasteiger partial charge >= 0.3 is 0 Å². The first-order valence-corrected chi connectivity index (χ1v) is 7.97. The van der Waals surface area contributed by atoms with Crippen LogP contribution in [-0.2, 0) is 6.42 Å². The maximum atomic E-state index is 12.3. The second kappa shape index (κ2) is 6.29. The SMILES string of the molecule is Cc1ccc(CCNC(=O)c2ccc3[nH]c(C)c(C)c3c2)cc1. The van der Waals surface area contributed by atoms with Crippen LogP contribution in [0, 0.1) is 20.8 Å². The van der Waals surface area contributed by atoms with Gasteiger partial charge in [-0.05, 0) is 56.5 Å².